The van der Waals surface area contributed by atoms with E-state index in [9.17, 15) is 8.78 Å². The number of nitrogens with one attached hydrogen (secondary N) is 1. The van der Waals surface area contributed by atoms with Gasteiger partial charge in [-0.05, 0) is 42.7 Å². The van der Waals surface area contributed by atoms with Crippen LogP contribution in [0, 0.1) is 18.6 Å². The van der Waals surface area contributed by atoms with Gasteiger partial charge in [-0.2, -0.15) is 0 Å². The Kier molecular flexibility index (Phi) is 2.94. The predicted octanol–water partition coefficient (Wildman–Crippen LogP) is 4.64. The van der Waals surface area contributed by atoms with Crippen molar-refractivity contribution in [2.24, 2.45) is 0 Å². The summed E-state index contributed by atoms with van der Waals surface area (Å²) in [4.78, 5) is 0. The van der Waals surface area contributed by atoms with Crippen molar-refractivity contribution in [3.63, 3.8) is 0 Å². The normalized spacial score (nSPS) is 17.2. The Balaban J connectivity index is 1.97. The first-order chi connectivity index (χ1) is 9.04. The maximum Gasteiger partial charge on any atom is 0.131 e. The van der Waals surface area contributed by atoms with E-state index in [1.54, 1.807) is 0 Å². The summed E-state index contributed by atoms with van der Waals surface area (Å²) in [6, 6.07) is 7.27. The van der Waals surface area contributed by atoms with Gasteiger partial charge in [0.25, 0.3) is 0 Å². The van der Waals surface area contributed by atoms with Gasteiger partial charge in [0, 0.05) is 22.3 Å². The van der Waals surface area contributed by atoms with Gasteiger partial charge in [-0.1, -0.05) is 17.7 Å². The van der Waals surface area contributed by atoms with Crippen molar-refractivity contribution < 1.29 is 8.78 Å². The molecule has 1 unspecified atom stereocenters. The van der Waals surface area contributed by atoms with Crippen LogP contribution in [0.25, 0.3) is 0 Å². The number of anilines is 1. The highest BCUT2D eigenvalue weighted by Gasteiger charge is 2.26. The Hall–Kier alpha value is -1.61. The summed E-state index contributed by atoms with van der Waals surface area (Å²) in [5.74, 6) is -1.08. The van der Waals surface area contributed by atoms with Crippen molar-refractivity contribution in [1.29, 1.82) is 0 Å². The lowest BCUT2D eigenvalue weighted by atomic mass is 10.0. The highest BCUT2D eigenvalue weighted by molar-refractivity contribution is 6.30. The summed E-state index contributed by atoms with van der Waals surface area (Å²) >= 11 is 6.02. The molecule has 0 bridgehead atoms. The van der Waals surface area contributed by atoms with Crippen molar-refractivity contribution in [2.45, 2.75) is 19.4 Å². The first-order valence-corrected chi connectivity index (χ1v) is 6.43. The highest BCUT2D eigenvalue weighted by Crippen LogP contribution is 2.38. The molecule has 0 aliphatic carbocycles. The van der Waals surface area contributed by atoms with Gasteiger partial charge in [0.1, 0.15) is 11.6 Å². The zero-order chi connectivity index (χ0) is 13.6. The molecule has 2 aromatic carbocycles. The fourth-order valence-corrected chi connectivity index (χ4v) is 2.89. The van der Waals surface area contributed by atoms with Crippen LogP contribution in [-0.4, -0.2) is 0 Å². The molecule has 3 rings (SSSR count). The second-order valence-corrected chi connectivity index (χ2v) is 5.26. The summed E-state index contributed by atoms with van der Waals surface area (Å²) in [5.41, 5.74) is 3.58. The van der Waals surface area contributed by atoms with Crippen LogP contribution in [0.15, 0.2) is 30.3 Å². The van der Waals surface area contributed by atoms with E-state index >= 15 is 0 Å². The molecule has 0 saturated heterocycles. The maximum absolute atomic E-state index is 13.8. The molecule has 0 saturated carbocycles. The number of halogens is 3. The van der Waals surface area contributed by atoms with E-state index < -0.39 is 11.6 Å². The van der Waals surface area contributed by atoms with E-state index in [0.29, 0.717) is 17.0 Å². The van der Waals surface area contributed by atoms with Crippen LogP contribution in [0.5, 0.6) is 0 Å². The number of fused-ring (bicyclic) bond motifs is 1. The third kappa shape index (κ3) is 2.19. The molecular weight excluding hydrogens is 268 g/mol. The van der Waals surface area contributed by atoms with E-state index in [2.05, 4.69) is 5.32 Å². The molecule has 98 valence electrons. The van der Waals surface area contributed by atoms with Gasteiger partial charge in [-0.15, -0.1) is 0 Å². The molecule has 0 amide bonds. The van der Waals surface area contributed by atoms with Crippen LogP contribution in [0.1, 0.15) is 22.7 Å². The molecule has 1 aliphatic heterocycles. The first-order valence-electron chi connectivity index (χ1n) is 6.05. The SMILES string of the molecule is Cc1cc(Cl)cc2c1NC(c1ccc(F)cc1F)C2. The van der Waals surface area contributed by atoms with E-state index in [1.165, 1.54) is 12.1 Å². The van der Waals surface area contributed by atoms with Crippen LogP contribution in [0.3, 0.4) is 0 Å². The van der Waals surface area contributed by atoms with Gasteiger partial charge < -0.3 is 5.32 Å². The van der Waals surface area contributed by atoms with Crippen LogP contribution in [0.4, 0.5) is 14.5 Å². The summed E-state index contributed by atoms with van der Waals surface area (Å²) in [6.07, 6.45) is 0.652. The van der Waals surface area contributed by atoms with E-state index in [-0.39, 0.29) is 6.04 Å². The van der Waals surface area contributed by atoms with Crippen LogP contribution in [-0.2, 0) is 6.42 Å². The molecule has 1 heterocycles. The van der Waals surface area contributed by atoms with Gasteiger partial charge in [-0.25, -0.2) is 8.78 Å². The molecule has 1 nitrogen and oxygen atoms in total. The lowest BCUT2D eigenvalue weighted by molar-refractivity contribution is 0.563. The largest absolute Gasteiger partial charge is 0.377 e. The third-order valence-electron chi connectivity index (χ3n) is 3.46. The Labute approximate surface area is 115 Å². The molecule has 1 aliphatic rings. The monoisotopic (exact) mass is 279 g/mol. The van der Waals surface area contributed by atoms with Gasteiger partial charge in [0.15, 0.2) is 0 Å². The minimum Gasteiger partial charge on any atom is -0.377 e. The van der Waals surface area contributed by atoms with Gasteiger partial charge in [0.2, 0.25) is 0 Å². The number of rotatable bonds is 1. The lowest BCUT2D eigenvalue weighted by Gasteiger charge is -2.13. The average Bonchev–Trinajstić information content (AvgIpc) is 2.72. The summed E-state index contributed by atoms with van der Waals surface area (Å²) in [5, 5.41) is 3.96. The highest BCUT2D eigenvalue weighted by atomic mass is 35.5. The van der Waals surface area contributed by atoms with Crippen molar-refractivity contribution >= 4 is 17.3 Å². The first kappa shape index (κ1) is 12.4. The molecular formula is C15H12ClF2N. The Morgan fingerprint density at radius 3 is 2.74 bits per heavy atom. The predicted molar refractivity (Wildman–Crippen MR) is 72.6 cm³/mol. The van der Waals surface area contributed by atoms with Gasteiger partial charge >= 0.3 is 0 Å². The van der Waals surface area contributed by atoms with Crippen molar-refractivity contribution in [3.8, 4) is 0 Å². The maximum atomic E-state index is 13.8. The number of aryl methyl sites for hydroxylation is 1. The molecule has 1 atom stereocenters. The molecule has 0 spiro atoms. The number of benzene rings is 2. The number of hydrogen-bond donors (Lipinski definition) is 1. The standard InChI is InChI=1S/C15H12ClF2N/c1-8-4-10(16)5-9-6-14(19-15(8)9)12-3-2-11(17)7-13(12)18/h2-5,7,14,19H,6H2,1H3. The van der Waals surface area contributed by atoms with Crippen LogP contribution >= 0.6 is 11.6 Å². The molecule has 0 aromatic heterocycles. The summed E-state index contributed by atoms with van der Waals surface area (Å²) in [6.45, 7) is 1.96. The minimum atomic E-state index is -0.559. The fourth-order valence-electron chi connectivity index (χ4n) is 2.60. The second kappa shape index (κ2) is 4.49. The Morgan fingerprint density at radius 2 is 2.00 bits per heavy atom. The van der Waals surface area contributed by atoms with Gasteiger partial charge in [-0.3, -0.25) is 0 Å². The van der Waals surface area contributed by atoms with Crippen LogP contribution in [0.2, 0.25) is 5.02 Å². The molecule has 4 heteroatoms. The average molecular weight is 280 g/mol. The quantitative estimate of drug-likeness (QED) is 0.802. The second-order valence-electron chi connectivity index (χ2n) is 4.82. The Morgan fingerprint density at radius 1 is 1.21 bits per heavy atom. The molecule has 19 heavy (non-hydrogen) atoms. The van der Waals surface area contributed by atoms with E-state index in [0.717, 1.165) is 22.9 Å². The van der Waals surface area contributed by atoms with Crippen molar-refractivity contribution in [2.75, 3.05) is 5.32 Å². The van der Waals surface area contributed by atoms with Crippen molar-refractivity contribution in [3.05, 3.63) is 63.7 Å². The lowest BCUT2D eigenvalue weighted by Crippen LogP contribution is -2.08. The molecule has 2 aromatic rings. The zero-order valence-corrected chi connectivity index (χ0v) is 11.1. The van der Waals surface area contributed by atoms with E-state index in [1.807, 2.05) is 19.1 Å². The third-order valence-corrected chi connectivity index (χ3v) is 3.68. The smallest absolute Gasteiger partial charge is 0.131 e. The summed E-state index contributed by atoms with van der Waals surface area (Å²) < 4.78 is 26.7. The zero-order valence-electron chi connectivity index (χ0n) is 10.3. The van der Waals surface area contributed by atoms with Crippen LogP contribution < -0.4 is 5.32 Å². The topological polar surface area (TPSA) is 12.0 Å². The molecule has 1 N–H and O–H groups in total. The van der Waals surface area contributed by atoms with E-state index in [4.69, 9.17) is 11.6 Å². The fraction of sp³-hybridized carbons (Fsp3) is 0.200. The number of hydrogen-bond acceptors (Lipinski definition) is 1. The molecule has 0 fully saturated rings. The minimum absolute atomic E-state index is 0.173. The van der Waals surface area contributed by atoms with Crippen molar-refractivity contribution in [1.82, 2.24) is 0 Å². The van der Waals surface area contributed by atoms with Gasteiger partial charge in [0.05, 0.1) is 6.04 Å². The summed E-state index contributed by atoms with van der Waals surface area (Å²) in [7, 11) is 0. The molecule has 0 radical (unpaired) electrons. The Bertz CT molecular complexity index is 655.